The van der Waals surface area contributed by atoms with Gasteiger partial charge in [-0.2, -0.15) is 0 Å². The Morgan fingerprint density at radius 3 is 2.40 bits per heavy atom. The summed E-state index contributed by atoms with van der Waals surface area (Å²) in [4.78, 5) is 4.78. The normalized spacial score (nSPS) is 22.9. The number of rotatable bonds is 2. The molecule has 10 heavy (non-hydrogen) atoms. The third-order valence-electron chi connectivity index (χ3n) is 1.98. The molecule has 0 aliphatic carbocycles. The first kappa shape index (κ1) is 7.76. The van der Waals surface area contributed by atoms with Crippen LogP contribution >= 0.6 is 0 Å². The molecule has 1 aliphatic rings. The third-order valence-corrected chi connectivity index (χ3v) is 1.98. The van der Waals surface area contributed by atoms with Gasteiger partial charge in [-0.05, 0) is 7.05 Å². The van der Waals surface area contributed by atoms with Crippen molar-refractivity contribution >= 4 is 0 Å². The van der Waals surface area contributed by atoms with Crippen LogP contribution in [0.3, 0.4) is 0 Å². The average Bonchev–Trinajstić information content (AvgIpc) is 1.95. The topological polar surface area (TPSA) is 6.48 Å². The summed E-state index contributed by atoms with van der Waals surface area (Å²) in [6.45, 7) is 9.57. The summed E-state index contributed by atoms with van der Waals surface area (Å²) in [5.74, 6) is 0. The SMILES string of the molecule is C=CCN1CCN(C)CC1. The van der Waals surface area contributed by atoms with Gasteiger partial charge in [-0.25, -0.2) is 0 Å². The van der Waals surface area contributed by atoms with E-state index < -0.39 is 0 Å². The maximum absolute atomic E-state index is 3.72. The molecule has 0 saturated carbocycles. The lowest BCUT2D eigenvalue weighted by molar-refractivity contribution is 0.166. The van der Waals surface area contributed by atoms with E-state index in [4.69, 9.17) is 0 Å². The Morgan fingerprint density at radius 1 is 1.30 bits per heavy atom. The Labute approximate surface area is 63.1 Å². The van der Waals surface area contributed by atoms with Crippen LogP contribution in [0.2, 0.25) is 0 Å². The van der Waals surface area contributed by atoms with Crippen LogP contribution in [0.1, 0.15) is 0 Å². The second kappa shape index (κ2) is 3.74. The molecule has 1 aliphatic heterocycles. The van der Waals surface area contributed by atoms with Gasteiger partial charge in [0.1, 0.15) is 0 Å². The zero-order chi connectivity index (χ0) is 7.40. The van der Waals surface area contributed by atoms with Gasteiger partial charge in [-0.1, -0.05) is 6.08 Å². The van der Waals surface area contributed by atoms with E-state index in [-0.39, 0.29) is 0 Å². The van der Waals surface area contributed by atoms with Crippen LogP contribution in [-0.2, 0) is 0 Å². The minimum atomic E-state index is 1.05. The fourth-order valence-corrected chi connectivity index (χ4v) is 1.21. The molecule has 0 unspecified atom stereocenters. The van der Waals surface area contributed by atoms with Crippen molar-refractivity contribution in [1.82, 2.24) is 9.80 Å². The van der Waals surface area contributed by atoms with Crippen molar-refractivity contribution < 1.29 is 0 Å². The van der Waals surface area contributed by atoms with E-state index in [9.17, 15) is 0 Å². The number of hydrogen-bond acceptors (Lipinski definition) is 2. The molecular formula is C8H16N2. The number of piperazine rings is 1. The molecule has 58 valence electrons. The van der Waals surface area contributed by atoms with Crippen molar-refractivity contribution in [2.45, 2.75) is 0 Å². The molecule has 0 amide bonds. The van der Waals surface area contributed by atoms with Crippen LogP contribution in [0.15, 0.2) is 12.7 Å². The second-order valence-electron chi connectivity index (χ2n) is 2.89. The molecule has 0 atom stereocenters. The van der Waals surface area contributed by atoms with Gasteiger partial charge in [0.2, 0.25) is 0 Å². The Balaban J connectivity index is 2.19. The van der Waals surface area contributed by atoms with Crippen LogP contribution in [-0.4, -0.2) is 49.6 Å². The number of hydrogen-bond donors (Lipinski definition) is 0. The smallest absolute Gasteiger partial charge is 0.0161 e. The van der Waals surface area contributed by atoms with Gasteiger partial charge >= 0.3 is 0 Å². The van der Waals surface area contributed by atoms with E-state index in [1.807, 2.05) is 6.08 Å². The first-order valence-corrected chi connectivity index (χ1v) is 3.84. The van der Waals surface area contributed by atoms with Crippen molar-refractivity contribution in [3.05, 3.63) is 12.7 Å². The van der Waals surface area contributed by atoms with E-state index in [1.54, 1.807) is 0 Å². The fourth-order valence-electron chi connectivity index (χ4n) is 1.21. The van der Waals surface area contributed by atoms with Crippen molar-refractivity contribution in [3.63, 3.8) is 0 Å². The summed E-state index contributed by atoms with van der Waals surface area (Å²) >= 11 is 0. The lowest BCUT2D eigenvalue weighted by Gasteiger charge is -2.31. The molecule has 2 nitrogen and oxygen atoms in total. The van der Waals surface area contributed by atoms with Crippen molar-refractivity contribution in [2.24, 2.45) is 0 Å². The van der Waals surface area contributed by atoms with E-state index in [1.165, 1.54) is 26.2 Å². The highest BCUT2D eigenvalue weighted by Gasteiger charge is 2.10. The summed E-state index contributed by atoms with van der Waals surface area (Å²) < 4.78 is 0. The van der Waals surface area contributed by atoms with Crippen molar-refractivity contribution in [3.8, 4) is 0 Å². The second-order valence-corrected chi connectivity index (χ2v) is 2.89. The van der Waals surface area contributed by atoms with Gasteiger partial charge in [0.05, 0.1) is 0 Å². The minimum Gasteiger partial charge on any atom is -0.304 e. The van der Waals surface area contributed by atoms with Crippen LogP contribution in [0, 0.1) is 0 Å². The number of nitrogens with zero attached hydrogens (tertiary/aromatic N) is 2. The maximum atomic E-state index is 3.72. The molecule has 0 N–H and O–H groups in total. The molecule has 0 aromatic rings. The molecule has 0 radical (unpaired) electrons. The zero-order valence-corrected chi connectivity index (χ0v) is 6.71. The Bertz CT molecular complexity index is 104. The van der Waals surface area contributed by atoms with Crippen LogP contribution < -0.4 is 0 Å². The molecule has 1 rings (SSSR count). The highest BCUT2D eigenvalue weighted by molar-refractivity contribution is 4.77. The molecular weight excluding hydrogens is 124 g/mol. The molecule has 0 spiro atoms. The molecule has 0 aromatic carbocycles. The molecule has 2 heteroatoms. The van der Waals surface area contributed by atoms with E-state index >= 15 is 0 Å². The predicted molar refractivity (Wildman–Crippen MR) is 44.1 cm³/mol. The van der Waals surface area contributed by atoms with Gasteiger partial charge in [-0.3, -0.25) is 4.90 Å². The van der Waals surface area contributed by atoms with Gasteiger partial charge in [0.15, 0.2) is 0 Å². The minimum absolute atomic E-state index is 1.05. The van der Waals surface area contributed by atoms with Gasteiger partial charge in [0.25, 0.3) is 0 Å². The largest absolute Gasteiger partial charge is 0.304 e. The van der Waals surface area contributed by atoms with Crippen LogP contribution in [0.4, 0.5) is 0 Å². The predicted octanol–water partition coefficient (Wildman–Crippen LogP) is 0.420. The lowest BCUT2D eigenvalue weighted by Crippen LogP contribution is -2.44. The summed E-state index contributed by atoms with van der Waals surface area (Å²) in [7, 11) is 2.17. The van der Waals surface area contributed by atoms with Crippen LogP contribution in [0.5, 0.6) is 0 Å². The van der Waals surface area contributed by atoms with E-state index in [0.717, 1.165) is 6.54 Å². The highest BCUT2D eigenvalue weighted by Crippen LogP contribution is 1.97. The molecule has 1 saturated heterocycles. The standard InChI is InChI=1S/C8H16N2/c1-3-4-10-7-5-9(2)6-8-10/h3H,1,4-8H2,2H3. The van der Waals surface area contributed by atoms with Gasteiger partial charge < -0.3 is 4.90 Å². The summed E-state index contributed by atoms with van der Waals surface area (Å²) in [5.41, 5.74) is 0. The van der Waals surface area contributed by atoms with Crippen molar-refractivity contribution in [2.75, 3.05) is 39.8 Å². The van der Waals surface area contributed by atoms with Crippen molar-refractivity contribution in [1.29, 1.82) is 0 Å². The first-order chi connectivity index (χ1) is 4.83. The third kappa shape index (κ3) is 2.12. The van der Waals surface area contributed by atoms with Gasteiger partial charge in [-0.15, -0.1) is 6.58 Å². The van der Waals surface area contributed by atoms with E-state index in [0.29, 0.717) is 0 Å². The lowest BCUT2D eigenvalue weighted by atomic mass is 10.3. The Hall–Kier alpha value is -0.340. The van der Waals surface area contributed by atoms with Gasteiger partial charge in [0, 0.05) is 32.7 Å². The number of likely N-dealkylation sites (N-methyl/N-ethyl adjacent to an activating group) is 1. The Morgan fingerprint density at radius 2 is 1.90 bits per heavy atom. The average molecular weight is 140 g/mol. The Kier molecular flexibility index (Phi) is 2.90. The summed E-state index contributed by atoms with van der Waals surface area (Å²) in [6.07, 6.45) is 1.98. The molecule has 0 aromatic heterocycles. The zero-order valence-electron chi connectivity index (χ0n) is 6.71. The fraction of sp³-hybridized carbons (Fsp3) is 0.750. The molecule has 1 fully saturated rings. The highest BCUT2D eigenvalue weighted by atomic mass is 15.2. The first-order valence-electron chi connectivity index (χ1n) is 3.84. The summed E-state index contributed by atoms with van der Waals surface area (Å²) in [6, 6.07) is 0. The molecule has 1 heterocycles. The quantitative estimate of drug-likeness (QED) is 0.513. The van der Waals surface area contributed by atoms with Crippen LogP contribution in [0.25, 0.3) is 0 Å². The van der Waals surface area contributed by atoms with E-state index in [2.05, 4.69) is 23.4 Å². The summed E-state index contributed by atoms with van der Waals surface area (Å²) in [5, 5.41) is 0. The molecule has 0 bridgehead atoms. The monoisotopic (exact) mass is 140 g/mol. The maximum Gasteiger partial charge on any atom is 0.0161 e.